The monoisotopic (exact) mass is 470 g/mol. The number of nitrogens with zero attached hydrogens (tertiary/aromatic N) is 4. The number of hydrogen-bond acceptors (Lipinski definition) is 7. The van der Waals surface area contributed by atoms with Crippen LogP contribution in [0.15, 0.2) is 91.9 Å². The molecule has 0 spiro atoms. The Morgan fingerprint density at radius 2 is 1.97 bits per heavy atom. The van der Waals surface area contributed by atoms with Crippen molar-refractivity contribution in [1.82, 2.24) is 15.0 Å². The van der Waals surface area contributed by atoms with Crippen molar-refractivity contribution in [2.45, 2.75) is 30.3 Å². The summed E-state index contributed by atoms with van der Waals surface area (Å²) in [4.78, 5) is 22.2. The van der Waals surface area contributed by atoms with E-state index >= 15 is 0 Å². The topological polar surface area (TPSA) is 84.7 Å². The van der Waals surface area contributed by atoms with Gasteiger partial charge in [-0.15, -0.1) is 0 Å². The fourth-order valence-electron chi connectivity index (χ4n) is 4.78. The molecule has 0 bridgehead atoms. The molecular weight excluding hydrogens is 448 g/mol. The van der Waals surface area contributed by atoms with Gasteiger partial charge in [-0.25, -0.2) is 15.0 Å². The van der Waals surface area contributed by atoms with Gasteiger partial charge in [0.1, 0.15) is 28.9 Å². The maximum absolute atomic E-state index is 13.5. The molecule has 0 N–H and O–H groups in total. The van der Waals surface area contributed by atoms with Gasteiger partial charge in [0.25, 0.3) is 5.91 Å². The Morgan fingerprint density at radius 1 is 1.09 bits per heavy atom. The molecule has 1 aliphatic heterocycles. The molecule has 34 heavy (non-hydrogen) atoms. The molecule has 2 unspecified atom stereocenters. The number of allylic oxidation sites excluding steroid dienone is 1. The second kappa shape index (κ2) is 8.95. The van der Waals surface area contributed by atoms with Crippen molar-refractivity contribution >= 4 is 40.4 Å². The van der Waals surface area contributed by atoms with Gasteiger partial charge in [-0.05, 0) is 61.2 Å². The van der Waals surface area contributed by atoms with Crippen LogP contribution in [0.5, 0.6) is 0 Å². The lowest BCUT2D eigenvalue weighted by Gasteiger charge is -2.27. The summed E-state index contributed by atoms with van der Waals surface area (Å²) in [7, 11) is 0. The number of benzene rings is 1. The Bertz CT molecular complexity index is 1370. The average Bonchev–Trinajstić information content (AvgIpc) is 3.63. The maximum atomic E-state index is 13.5. The van der Waals surface area contributed by atoms with Crippen LogP contribution >= 0.6 is 11.8 Å². The minimum atomic E-state index is -0.249. The largest absolute Gasteiger partial charge is 0.467 e. The standard InChI is InChI=1S/C26H22N4O3S/c31-23(15-34-26-19-8-1-2-10-21(19)27-16-28-26)30-25(22-11-5-13-33-22)20-9-3-6-17(24(20)29-30)14-18-7-4-12-32-18/h1-2,4-5,7-8,10-14,16,20,25H,3,6,9,15H2. The molecule has 1 fully saturated rings. The third-order valence-electron chi connectivity index (χ3n) is 6.29. The van der Waals surface area contributed by atoms with Gasteiger partial charge in [0.05, 0.1) is 29.5 Å². The van der Waals surface area contributed by atoms with Crippen molar-refractivity contribution in [3.8, 4) is 0 Å². The molecule has 2 atom stereocenters. The highest BCUT2D eigenvalue weighted by Gasteiger charge is 2.45. The number of hydrazone groups is 1. The quantitative estimate of drug-likeness (QED) is 0.273. The molecule has 1 saturated carbocycles. The molecule has 1 aliphatic carbocycles. The number of rotatable bonds is 5. The summed E-state index contributed by atoms with van der Waals surface area (Å²) >= 11 is 1.41. The lowest BCUT2D eigenvalue weighted by Crippen LogP contribution is -2.32. The van der Waals surface area contributed by atoms with E-state index in [-0.39, 0.29) is 23.6 Å². The van der Waals surface area contributed by atoms with E-state index in [4.69, 9.17) is 13.9 Å². The van der Waals surface area contributed by atoms with Gasteiger partial charge >= 0.3 is 0 Å². The Kier molecular flexibility index (Phi) is 5.50. The number of furan rings is 2. The van der Waals surface area contributed by atoms with Crippen molar-refractivity contribution in [3.63, 3.8) is 0 Å². The van der Waals surface area contributed by atoms with Crippen LogP contribution in [0.3, 0.4) is 0 Å². The highest BCUT2D eigenvalue weighted by molar-refractivity contribution is 8.00. The van der Waals surface area contributed by atoms with Crippen LogP contribution in [-0.4, -0.2) is 32.3 Å². The molecule has 170 valence electrons. The van der Waals surface area contributed by atoms with Crippen LogP contribution in [0.25, 0.3) is 17.0 Å². The van der Waals surface area contributed by atoms with Crippen molar-refractivity contribution in [3.05, 3.63) is 84.5 Å². The van der Waals surface area contributed by atoms with Crippen molar-refractivity contribution in [1.29, 1.82) is 0 Å². The van der Waals surface area contributed by atoms with Crippen LogP contribution in [-0.2, 0) is 4.79 Å². The van der Waals surface area contributed by atoms with E-state index in [1.807, 2.05) is 54.6 Å². The second-order valence-electron chi connectivity index (χ2n) is 8.35. The van der Waals surface area contributed by atoms with Gasteiger partial charge in [0, 0.05) is 11.3 Å². The van der Waals surface area contributed by atoms with Gasteiger partial charge in [0.2, 0.25) is 0 Å². The predicted molar refractivity (Wildman–Crippen MR) is 130 cm³/mol. The molecule has 7 nitrogen and oxygen atoms in total. The molecule has 3 aromatic heterocycles. The lowest BCUT2D eigenvalue weighted by molar-refractivity contribution is -0.131. The fraction of sp³-hybridized carbons (Fsp3) is 0.231. The highest BCUT2D eigenvalue weighted by Crippen LogP contribution is 2.44. The number of fused-ring (bicyclic) bond motifs is 2. The van der Waals surface area contributed by atoms with Crippen LogP contribution in [0.4, 0.5) is 0 Å². The summed E-state index contributed by atoms with van der Waals surface area (Å²) in [6.45, 7) is 0. The third kappa shape index (κ3) is 3.84. The molecule has 1 aromatic carbocycles. The van der Waals surface area contributed by atoms with Crippen LogP contribution in [0.1, 0.15) is 36.8 Å². The number of carbonyl (C=O) groups is 1. The molecule has 6 rings (SSSR count). The number of hydrogen-bond donors (Lipinski definition) is 0. The van der Waals surface area contributed by atoms with E-state index in [2.05, 4.69) is 9.97 Å². The molecule has 4 heterocycles. The van der Waals surface area contributed by atoms with Crippen molar-refractivity contribution in [2.75, 3.05) is 5.75 Å². The van der Waals surface area contributed by atoms with E-state index in [9.17, 15) is 4.79 Å². The number of aromatic nitrogens is 2. The van der Waals surface area contributed by atoms with Gasteiger partial charge in [-0.3, -0.25) is 4.79 Å². The second-order valence-corrected chi connectivity index (χ2v) is 9.32. The normalized spacial score (nSPS) is 21.1. The smallest absolute Gasteiger partial charge is 0.253 e. The lowest BCUT2D eigenvalue weighted by atomic mass is 9.79. The fourth-order valence-corrected chi connectivity index (χ4v) is 5.62. The highest BCUT2D eigenvalue weighted by atomic mass is 32.2. The maximum Gasteiger partial charge on any atom is 0.253 e. The predicted octanol–water partition coefficient (Wildman–Crippen LogP) is 5.73. The van der Waals surface area contributed by atoms with Crippen LogP contribution in [0, 0.1) is 5.92 Å². The number of thioether (sulfide) groups is 1. The summed E-state index contributed by atoms with van der Waals surface area (Å²) in [5.74, 6) is 1.79. The summed E-state index contributed by atoms with van der Waals surface area (Å²) in [5.41, 5.74) is 2.93. The molecule has 4 aromatic rings. The SMILES string of the molecule is O=C(CSc1ncnc2ccccc12)N1N=C2C(=Cc3ccco3)CCCC2C1c1ccco1. The first-order chi connectivity index (χ1) is 16.8. The minimum Gasteiger partial charge on any atom is -0.467 e. The molecule has 8 heteroatoms. The minimum absolute atomic E-state index is 0.0756. The van der Waals surface area contributed by atoms with Crippen LogP contribution < -0.4 is 0 Å². The van der Waals surface area contributed by atoms with Crippen molar-refractivity contribution < 1.29 is 13.6 Å². The van der Waals surface area contributed by atoms with Gasteiger partial charge in [-0.1, -0.05) is 30.0 Å². The number of amides is 1. The number of carbonyl (C=O) groups excluding carboxylic acids is 1. The summed E-state index contributed by atoms with van der Waals surface area (Å²) in [5, 5.41) is 8.22. The summed E-state index contributed by atoms with van der Waals surface area (Å²) < 4.78 is 11.3. The van der Waals surface area contributed by atoms with E-state index in [0.29, 0.717) is 0 Å². The van der Waals surface area contributed by atoms with E-state index in [1.54, 1.807) is 17.5 Å². The first kappa shape index (κ1) is 20.9. The zero-order chi connectivity index (χ0) is 22.9. The summed E-state index contributed by atoms with van der Waals surface area (Å²) in [6.07, 6.45) is 9.78. The first-order valence-electron chi connectivity index (χ1n) is 11.3. The van der Waals surface area contributed by atoms with Gasteiger partial charge in [0.15, 0.2) is 0 Å². The Labute approximate surface area is 200 Å². The van der Waals surface area contributed by atoms with E-state index < -0.39 is 0 Å². The summed E-state index contributed by atoms with van der Waals surface area (Å²) in [6, 6.07) is 15.2. The number of para-hydroxylation sites is 1. The Hall–Kier alpha value is -3.65. The average molecular weight is 471 g/mol. The molecule has 1 amide bonds. The first-order valence-corrected chi connectivity index (χ1v) is 12.3. The Morgan fingerprint density at radius 3 is 2.82 bits per heavy atom. The zero-order valence-electron chi connectivity index (χ0n) is 18.3. The molecule has 0 saturated heterocycles. The van der Waals surface area contributed by atoms with Crippen molar-refractivity contribution in [2.24, 2.45) is 11.0 Å². The van der Waals surface area contributed by atoms with Gasteiger partial charge < -0.3 is 8.83 Å². The molecular formula is C26H22N4O3S. The molecule has 0 radical (unpaired) electrons. The molecule has 2 aliphatic rings. The van der Waals surface area contributed by atoms with Crippen LogP contribution in [0.2, 0.25) is 0 Å². The zero-order valence-corrected chi connectivity index (χ0v) is 19.1. The van der Waals surface area contributed by atoms with Gasteiger partial charge in [-0.2, -0.15) is 5.10 Å². The third-order valence-corrected chi connectivity index (χ3v) is 7.28. The Balaban J connectivity index is 1.30. The van der Waals surface area contributed by atoms with E-state index in [0.717, 1.165) is 58.0 Å². The van der Waals surface area contributed by atoms with E-state index in [1.165, 1.54) is 18.1 Å².